The van der Waals surface area contributed by atoms with E-state index in [2.05, 4.69) is 108 Å². The number of nitrogens with zero attached hydrogens (tertiary/aromatic N) is 4. The molecule has 8 rings (SSSR count). The van der Waals surface area contributed by atoms with Crippen molar-refractivity contribution in [3.05, 3.63) is 124 Å². The number of ether oxygens (including phenoxy) is 7. The Morgan fingerprint density at radius 2 is 1.49 bits per heavy atom. The molecule has 14 heteroatoms. The van der Waals surface area contributed by atoms with Crippen molar-refractivity contribution in [1.29, 1.82) is 0 Å². The SMILES string of the molecule is C=Nc1cc(OCc2cc(COc3cc4c(cc3OC)C(C)N3c5ccccc5CC3(C)CN4)cc(N(CCOCCOCCOC)C[C@H](C)S)c2)c(OC)cc1C(=O)N1CCc2ccccc21. The minimum atomic E-state index is -0.169. The van der Waals surface area contributed by atoms with Gasteiger partial charge in [-0.15, -0.1) is 0 Å². The predicted molar refractivity (Wildman–Crippen MR) is 274 cm³/mol. The number of hydrogen-bond acceptors (Lipinski definition) is 13. The number of carbonyl (C=O) groups is 1. The lowest BCUT2D eigenvalue weighted by Gasteiger charge is -2.39. The monoisotopic (exact) mass is 943 g/mol. The van der Waals surface area contributed by atoms with Gasteiger partial charge in [-0.05, 0) is 98.1 Å². The summed E-state index contributed by atoms with van der Waals surface area (Å²) >= 11 is 4.81. The van der Waals surface area contributed by atoms with E-state index in [0.717, 1.165) is 58.7 Å². The van der Waals surface area contributed by atoms with Crippen LogP contribution in [0, 0.1) is 0 Å². The zero-order valence-electron chi connectivity index (χ0n) is 40.2. The Kier molecular flexibility index (Phi) is 15.7. The molecule has 68 heavy (non-hydrogen) atoms. The van der Waals surface area contributed by atoms with Gasteiger partial charge in [0.2, 0.25) is 0 Å². The molecule has 360 valence electrons. The first-order valence-corrected chi connectivity index (χ1v) is 23.9. The molecule has 5 aromatic carbocycles. The number of carbonyl (C=O) groups excluding carboxylic acids is 1. The molecule has 3 atom stereocenters. The molecule has 0 bridgehead atoms. The summed E-state index contributed by atoms with van der Waals surface area (Å²) in [7, 11) is 4.91. The van der Waals surface area contributed by atoms with Gasteiger partial charge in [-0.25, -0.2) is 0 Å². The second kappa shape index (κ2) is 22.0. The summed E-state index contributed by atoms with van der Waals surface area (Å²) in [4.78, 5) is 24.9. The number of anilines is 4. The molecule has 1 amide bonds. The average molecular weight is 944 g/mol. The Hall–Kier alpha value is -5.93. The maximum atomic E-state index is 14.0. The highest BCUT2D eigenvalue weighted by atomic mass is 32.1. The summed E-state index contributed by atoms with van der Waals surface area (Å²) < 4.78 is 41.8. The summed E-state index contributed by atoms with van der Waals surface area (Å²) in [5.41, 5.74) is 10.4. The Labute approximate surface area is 406 Å². The molecule has 2 unspecified atom stereocenters. The van der Waals surface area contributed by atoms with Crippen LogP contribution in [0.1, 0.15) is 65.0 Å². The van der Waals surface area contributed by atoms with Gasteiger partial charge in [0, 0.05) is 79.0 Å². The van der Waals surface area contributed by atoms with E-state index >= 15 is 0 Å². The summed E-state index contributed by atoms with van der Waals surface area (Å²) in [5, 5.41) is 3.86. The Morgan fingerprint density at radius 1 is 0.838 bits per heavy atom. The van der Waals surface area contributed by atoms with Crippen molar-refractivity contribution in [1.82, 2.24) is 0 Å². The maximum absolute atomic E-state index is 14.0. The molecule has 13 nitrogen and oxygen atoms in total. The molecule has 1 N–H and O–H groups in total. The van der Waals surface area contributed by atoms with Crippen LogP contribution in [-0.4, -0.2) is 104 Å². The van der Waals surface area contributed by atoms with E-state index in [1.54, 1.807) is 38.4 Å². The van der Waals surface area contributed by atoms with Crippen LogP contribution >= 0.6 is 12.6 Å². The number of hydrogen-bond donors (Lipinski definition) is 2. The van der Waals surface area contributed by atoms with E-state index < -0.39 is 0 Å². The number of para-hydroxylation sites is 2. The summed E-state index contributed by atoms with van der Waals surface area (Å²) in [6, 6.07) is 30.8. The molecule has 0 spiro atoms. The van der Waals surface area contributed by atoms with Crippen LogP contribution in [0.5, 0.6) is 23.0 Å². The molecule has 0 aliphatic carbocycles. The van der Waals surface area contributed by atoms with Gasteiger partial charge in [0.1, 0.15) is 13.2 Å². The number of methoxy groups -OCH3 is 3. The van der Waals surface area contributed by atoms with Gasteiger partial charge >= 0.3 is 0 Å². The van der Waals surface area contributed by atoms with Crippen LogP contribution in [0.25, 0.3) is 0 Å². The van der Waals surface area contributed by atoms with Crippen molar-refractivity contribution in [2.24, 2.45) is 4.99 Å². The predicted octanol–water partition coefficient (Wildman–Crippen LogP) is 9.51. The molecule has 0 fully saturated rings. The largest absolute Gasteiger partial charge is 0.493 e. The van der Waals surface area contributed by atoms with Gasteiger partial charge in [-0.2, -0.15) is 12.6 Å². The van der Waals surface area contributed by atoms with Crippen molar-refractivity contribution >= 4 is 53.7 Å². The van der Waals surface area contributed by atoms with Crippen molar-refractivity contribution < 1.29 is 38.0 Å². The molecule has 3 heterocycles. The fraction of sp³-hybridized carbons (Fsp3) is 0.407. The minimum absolute atomic E-state index is 0.0710. The highest BCUT2D eigenvalue weighted by molar-refractivity contribution is 7.81. The standard InChI is InChI=1S/C54H65N5O8S/c1-36(68)32-57(18-19-64-22-23-65-21-20-61-5)42-25-38(33-66-51-29-45(55-4)44(28-50(51)63-7)53(60)58-17-16-40-12-8-10-14-47(40)58)24-39(26-42)34-67-52-30-46-43(27-49(52)62-6)37(2)59-48-15-11-9-13-41(48)31-54(59,3)35-56-46/h8-15,24-30,36-37,56,68H,4,16-23,31-35H2,1-3,5-7H3/t36-,37?,54?/m0/s1. The number of benzene rings is 5. The van der Waals surface area contributed by atoms with Crippen molar-refractivity contribution in [3.8, 4) is 23.0 Å². The number of nitrogens with one attached hydrogen (secondary N) is 1. The van der Waals surface area contributed by atoms with Crippen LogP contribution in [0.2, 0.25) is 0 Å². The van der Waals surface area contributed by atoms with Gasteiger partial charge in [-0.3, -0.25) is 9.79 Å². The van der Waals surface area contributed by atoms with E-state index in [0.29, 0.717) is 86.9 Å². The van der Waals surface area contributed by atoms with Gasteiger partial charge < -0.3 is 53.2 Å². The Morgan fingerprint density at radius 3 is 2.18 bits per heavy atom. The lowest BCUT2D eigenvalue weighted by Crippen LogP contribution is -2.48. The topological polar surface area (TPSA) is 116 Å². The highest BCUT2D eigenvalue weighted by Gasteiger charge is 2.44. The zero-order valence-corrected chi connectivity index (χ0v) is 41.1. The molecule has 0 saturated heterocycles. The third kappa shape index (κ3) is 10.7. The second-order valence-electron chi connectivity index (χ2n) is 17.9. The molecule has 3 aliphatic heterocycles. The first-order chi connectivity index (χ1) is 33.0. The van der Waals surface area contributed by atoms with E-state index in [4.69, 9.17) is 45.8 Å². The minimum Gasteiger partial charge on any atom is -0.493 e. The number of thiol groups is 1. The van der Waals surface area contributed by atoms with E-state index in [-0.39, 0.29) is 36.0 Å². The normalized spacial score (nSPS) is 17.2. The van der Waals surface area contributed by atoms with Crippen LogP contribution in [0.4, 0.5) is 28.4 Å². The number of aliphatic imine (C=N–C) groups is 1. The quantitative estimate of drug-likeness (QED) is 0.0393. The first kappa shape index (κ1) is 48.5. The van der Waals surface area contributed by atoms with E-state index in [1.807, 2.05) is 18.2 Å². The molecule has 3 aliphatic rings. The van der Waals surface area contributed by atoms with Gasteiger partial charge in [0.15, 0.2) is 23.0 Å². The zero-order chi connectivity index (χ0) is 47.8. The third-order valence-corrected chi connectivity index (χ3v) is 13.2. The Bertz CT molecular complexity index is 2570. The highest BCUT2D eigenvalue weighted by Crippen LogP contribution is 2.49. The first-order valence-electron chi connectivity index (χ1n) is 23.4. The average Bonchev–Trinajstić information content (AvgIpc) is 3.89. The number of rotatable bonds is 22. The summed E-state index contributed by atoms with van der Waals surface area (Å²) in [6.45, 7) is 16.1. The number of amides is 1. The maximum Gasteiger partial charge on any atom is 0.260 e. The summed E-state index contributed by atoms with van der Waals surface area (Å²) in [6.07, 6.45) is 1.75. The third-order valence-electron chi connectivity index (χ3n) is 13.0. The molecule has 0 saturated carbocycles. The fourth-order valence-corrected chi connectivity index (χ4v) is 9.99. The van der Waals surface area contributed by atoms with Crippen LogP contribution in [0.3, 0.4) is 0 Å². The molecular formula is C54H65N5O8S. The van der Waals surface area contributed by atoms with Crippen molar-refractivity contribution in [3.63, 3.8) is 0 Å². The van der Waals surface area contributed by atoms with Crippen molar-refractivity contribution in [2.75, 3.05) is 101 Å². The van der Waals surface area contributed by atoms with Crippen LogP contribution in [-0.2, 0) is 40.3 Å². The molecule has 5 aromatic rings. The van der Waals surface area contributed by atoms with E-state index in [9.17, 15) is 4.79 Å². The lowest BCUT2D eigenvalue weighted by atomic mass is 9.95. The molecule has 0 aromatic heterocycles. The molecular weight excluding hydrogens is 879 g/mol. The van der Waals surface area contributed by atoms with Crippen LogP contribution in [0.15, 0.2) is 96.0 Å². The van der Waals surface area contributed by atoms with E-state index in [1.165, 1.54) is 11.3 Å². The van der Waals surface area contributed by atoms with Crippen LogP contribution < -0.4 is 39.0 Å². The van der Waals surface area contributed by atoms with Gasteiger partial charge in [0.25, 0.3) is 5.91 Å². The molecule has 0 radical (unpaired) electrons. The van der Waals surface area contributed by atoms with Gasteiger partial charge in [-0.1, -0.05) is 43.3 Å². The van der Waals surface area contributed by atoms with Crippen molar-refractivity contribution in [2.45, 2.75) is 63.7 Å². The van der Waals surface area contributed by atoms with Gasteiger partial charge in [0.05, 0.1) is 70.1 Å². The fourth-order valence-electron chi connectivity index (χ4n) is 9.79. The summed E-state index contributed by atoms with van der Waals surface area (Å²) in [5.74, 6) is 1.99. The smallest absolute Gasteiger partial charge is 0.260 e. The second-order valence-corrected chi connectivity index (χ2v) is 18.8. The Balaban J connectivity index is 1.06. The number of fused-ring (bicyclic) bond motifs is 5. The lowest BCUT2D eigenvalue weighted by molar-refractivity contribution is 0.0265.